The number of aryl methyl sites for hydroxylation is 2. The molecule has 0 atom stereocenters. The SMILES string of the molecule is Cc1cc(-c2ccc(CCl)cc2)cc(C)c1C. The van der Waals surface area contributed by atoms with Crippen LogP contribution in [0.5, 0.6) is 0 Å². The molecule has 0 aromatic heterocycles. The zero-order valence-corrected chi connectivity index (χ0v) is 11.3. The summed E-state index contributed by atoms with van der Waals surface area (Å²) in [4.78, 5) is 0. The van der Waals surface area contributed by atoms with E-state index in [1.165, 1.54) is 27.8 Å². The Morgan fingerprint density at radius 3 is 1.82 bits per heavy atom. The van der Waals surface area contributed by atoms with Crippen molar-refractivity contribution in [3.63, 3.8) is 0 Å². The molecule has 0 fully saturated rings. The molecule has 17 heavy (non-hydrogen) atoms. The zero-order valence-electron chi connectivity index (χ0n) is 10.5. The van der Waals surface area contributed by atoms with Gasteiger partial charge in [0.2, 0.25) is 0 Å². The predicted molar refractivity (Wildman–Crippen MR) is 75.6 cm³/mol. The second-order valence-corrected chi connectivity index (χ2v) is 4.83. The van der Waals surface area contributed by atoms with Crippen LogP contribution in [0.2, 0.25) is 0 Å². The van der Waals surface area contributed by atoms with Gasteiger partial charge in [0.15, 0.2) is 0 Å². The van der Waals surface area contributed by atoms with Crippen LogP contribution in [0.4, 0.5) is 0 Å². The average molecular weight is 245 g/mol. The fraction of sp³-hybridized carbons (Fsp3) is 0.250. The van der Waals surface area contributed by atoms with E-state index in [2.05, 4.69) is 57.2 Å². The number of alkyl halides is 1. The van der Waals surface area contributed by atoms with Crippen LogP contribution < -0.4 is 0 Å². The van der Waals surface area contributed by atoms with Crippen LogP contribution in [0, 0.1) is 20.8 Å². The second kappa shape index (κ2) is 4.93. The summed E-state index contributed by atoms with van der Waals surface area (Å²) >= 11 is 5.80. The predicted octanol–water partition coefficient (Wildman–Crippen LogP) is 5.02. The Balaban J connectivity index is 2.45. The molecule has 0 unspecified atom stereocenters. The van der Waals surface area contributed by atoms with Crippen LogP contribution in [0.3, 0.4) is 0 Å². The van der Waals surface area contributed by atoms with Crippen molar-refractivity contribution < 1.29 is 0 Å². The molecule has 0 nitrogen and oxygen atoms in total. The van der Waals surface area contributed by atoms with Gasteiger partial charge < -0.3 is 0 Å². The third-order valence-electron chi connectivity index (χ3n) is 3.37. The van der Waals surface area contributed by atoms with Gasteiger partial charge in [0.05, 0.1) is 0 Å². The van der Waals surface area contributed by atoms with Gasteiger partial charge in [-0.25, -0.2) is 0 Å². The molecule has 0 radical (unpaired) electrons. The van der Waals surface area contributed by atoms with Crippen LogP contribution >= 0.6 is 11.6 Å². The van der Waals surface area contributed by atoms with Crippen LogP contribution in [0.15, 0.2) is 36.4 Å². The Bertz CT molecular complexity index is 501. The fourth-order valence-electron chi connectivity index (χ4n) is 1.99. The van der Waals surface area contributed by atoms with Crippen LogP contribution in [0.25, 0.3) is 11.1 Å². The number of hydrogen-bond donors (Lipinski definition) is 0. The van der Waals surface area contributed by atoms with Crippen molar-refractivity contribution in [3.8, 4) is 11.1 Å². The Hall–Kier alpha value is -1.27. The van der Waals surface area contributed by atoms with Crippen LogP contribution in [-0.2, 0) is 5.88 Å². The quantitative estimate of drug-likeness (QED) is 0.651. The minimum atomic E-state index is 0.576. The summed E-state index contributed by atoms with van der Waals surface area (Å²) in [6, 6.07) is 13.0. The number of rotatable bonds is 2. The van der Waals surface area contributed by atoms with Crippen molar-refractivity contribution in [2.24, 2.45) is 0 Å². The summed E-state index contributed by atoms with van der Waals surface area (Å²) in [5, 5.41) is 0. The van der Waals surface area contributed by atoms with E-state index in [-0.39, 0.29) is 0 Å². The summed E-state index contributed by atoms with van der Waals surface area (Å²) in [5.41, 5.74) is 7.78. The topological polar surface area (TPSA) is 0 Å². The van der Waals surface area contributed by atoms with Crippen molar-refractivity contribution in [3.05, 3.63) is 58.7 Å². The van der Waals surface area contributed by atoms with Crippen LogP contribution in [-0.4, -0.2) is 0 Å². The highest BCUT2D eigenvalue weighted by molar-refractivity contribution is 6.17. The van der Waals surface area contributed by atoms with Crippen molar-refractivity contribution in [2.75, 3.05) is 0 Å². The van der Waals surface area contributed by atoms with E-state index in [0.717, 1.165) is 5.56 Å². The van der Waals surface area contributed by atoms with Gasteiger partial charge in [-0.2, -0.15) is 0 Å². The van der Waals surface area contributed by atoms with E-state index < -0.39 is 0 Å². The lowest BCUT2D eigenvalue weighted by Gasteiger charge is -2.09. The summed E-state index contributed by atoms with van der Waals surface area (Å²) in [6.07, 6.45) is 0. The third-order valence-corrected chi connectivity index (χ3v) is 3.68. The normalized spacial score (nSPS) is 10.6. The maximum atomic E-state index is 5.80. The van der Waals surface area contributed by atoms with Gasteiger partial charge in [0.1, 0.15) is 0 Å². The van der Waals surface area contributed by atoms with Gasteiger partial charge in [-0.3, -0.25) is 0 Å². The maximum absolute atomic E-state index is 5.80. The zero-order chi connectivity index (χ0) is 12.4. The fourth-order valence-corrected chi connectivity index (χ4v) is 2.17. The Labute approximate surface area is 108 Å². The molecule has 0 aliphatic carbocycles. The molecule has 2 rings (SSSR count). The van der Waals surface area contributed by atoms with E-state index >= 15 is 0 Å². The first kappa shape index (κ1) is 12.2. The minimum Gasteiger partial charge on any atom is -0.122 e. The molecule has 88 valence electrons. The molecular weight excluding hydrogens is 228 g/mol. The van der Waals surface area contributed by atoms with Crippen molar-refractivity contribution in [2.45, 2.75) is 26.7 Å². The molecule has 0 aliphatic rings. The molecule has 2 aromatic rings. The van der Waals surface area contributed by atoms with E-state index in [9.17, 15) is 0 Å². The van der Waals surface area contributed by atoms with E-state index in [0.29, 0.717) is 5.88 Å². The van der Waals surface area contributed by atoms with E-state index in [4.69, 9.17) is 11.6 Å². The molecule has 0 heterocycles. The maximum Gasteiger partial charge on any atom is 0.0474 e. The highest BCUT2D eigenvalue weighted by Gasteiger charge is 2.03. The molecule has 0 amide bonds. The largest absolute Gasteiger partial charge is 0.122 e. The molecule has 0 bridgehead atoms. The highest BCUT2D eigenvalue weighted by atomic mass is 35.5. The molecule has 0 aliphatic heterocycles. The van der Waals surface area contributed by atoms with Gasteiger partial charge in [0.25, 0.3) is 0 Å². The smallest absolute Gasteiger partial charge is 0.0474 e. The molecular formula is C16H17Cl. The summed E-state index contributed by atoms with van der Waals surface area (Å²) in [6.45, 7) is 6.50. The van der Waals surface area contributed by atoms with Crippen LogP contribution in [0.1, 0.15) is 22.3 Å². The average Bonchev–Trinajstić information content (AvgIpc) is 2.35. The highest BCUT2D eigenvalue weighted by Crippen LogP contribution is 2.25. The molecule has 0 N–H and O–H groups in total. The van der Waals surface area contributed by atoms with Gasteiger partial charge in [-0.05, 0) is 54.2 Å². The summed E-state index contributed by atoms with van der Waals surface area (Å²) in [7, 11) is 0. The second-order valence-electron chi connectivity index (χ2n) is 4.57. The van der Waals surface area contributed by atoms with Gasteiger partial charge in [-0.15, -0.1) is 11.6 Å². The van der Waals surface area contributed by atoms with E-state index in [1.54, 1.807) is 0 Å². The summed E-state index contributed by atoms with van der Waals surface area (Å²) in [5.74, 6) is 0.576. The monoisotopic (exact) mass is 244 g/mol. The van der Waals surface area contributed by atoms with Gasteiger partial charge in [-0.1, -0.05) is 36.4 Å². The van der Waals surface area contributed by atoms with Crippen molar-refractivity contribution >= 4 is 11.6 Å². The Kier molecular flexibility index (Phi) is 3.54. The van der Waals surface area contributed by atoms with Crippen molar-refractivity contribution in [1.29, 1.82) is 0 Å². The Morgan fingerprint density at radius 1 is 0.824 bits per heavy atom. The molecule has 1 heteroatoms. The Morgan fingerprint density at radius 2 is 1.35 bits per heavy atom. The first-order chi connectivity index (χ1) is 8.11. The number of hydrogen-bond acceptors (Lipinski definition) is 0. The number of halogens is 1. The standard InChI is InChI=1S/C16H17Cl/c1-11-8-16(9-12(2)13(11)3)15-6-4-14(10-17)5-7-15/h4-9H,10H2,1-3H3. The lowest BCUT2D eigenvalue weighted by atomic mass is 9.96. The lowest BCUT2D eigenvalue weighted by molar-refractivity contribution is 1.27. The minimum absolute atomic E-state index is 0.576. The molecule has 0 spiro atoms. The molecule has 0 saturated heterocycles. The first-order valence-corrected chi connectivity index (χ1v) is 6.38. The first-order valence-electron chi connectivity index (χ1n) is 5.85. The summed E-state index contributed by atoms with van der Waals surface area (Å²) < 4.78 is 0. The van der Waals surface area contributed by atoms with E-state index in [1.807, 2.05) is 0 Å². The van der Waals surface area contributed by atoms with Gasteiger partial charge in [0, 0.05) is 5.88 Å². The lowest BCUT2D eigenvalue weighted by Crippen LogP contribution is -1.89. The molecule has 0 saturated carbocycles. The third kappa shape index (κ3) is 2.53. The van der Waals surface area contributed by atoms with Gasteiger partial charge >= 0.3 is 0 Å². The molecule has 2 aromatic carbocycles. The number of benzene rings is 2. The van der Waals surface area contributed by atoms with Crippen molar-refractivity contribution in [1.82, 2.24) is 0 Å².